The van der Waals surface area contributed by atoms with Gasteiger partial charge in [-0.25, -0.2) is 0 Å². The molecule has 0 unspecified atom stereocenters. The Morgan fingerprint density at radius 3 is 2.54 bits per heavy atom. The number of hydrogen-bond donors (Lipinski definition) is 0. The topological polar surface area (TPSA) is 52.8 Å². The molecular formula is C20H28N2O3S. The van der Waals surface area contributed by atoms with Crippen LogP contribution in [0, 0.1) is 0 Å². The fourth-order valence-corrected chi connectivity index (χ4v) is 3.51. The molecule has 0 bridgehead atoms. The maximum atomic E-state index is 12.8. The minimum atomic E-state index is -0.318. The number of carbonyl (C=O) groups excluding carboxylic acids is 1. The molecule has 0 saturated carbocycles. The maximum Gasteiger partial charge on any atom is 0.282 e. The number of rotatable bonds is 6. The summed E-state index contributed by atoms with van der Waals surface area (Å²) in [4.78, 5) is 17.3. The highest BCUT2D eigenvalue weighted by atomic mass is 32.1. The molecule has 0 aliphatic rings. The van der Waals surface area contributed by atoms with Gasteiger partial charge >= 0.3 is 0 Å². The number of unbranched alkanes of at least 4 members (excludes halogenated alkanes) is 1. The fraction of sp³-hybridized carbons (Fsp3) is 0.500. The number of methoxy groups -OCH3 is 2. The molecule has 1 aromatic heterocycles. The molecule has 26 heavy (non-hydrogen) atoms. The molecule has 6 heteroatoms. The smallest absolute Gasteiger partial charge is 0.282 e. The van der Waals surface area contributed by atoms with Gasteiger partial charge in [0.2, 0.25) is 0 Å². The molecule has 2 rings (SSSR count). The number of benzene rings is 1. The number of carbonyl (C=O) groups is 1. The first-order valence-electron chi connectivity index (χ1n) is 8.83. The number of hydrogen-bond acceptors (Lipinski definition) is 4. The summed E-state index contributed by atoms with van der Waals surface area (Å²) in [5, 5.41) is 0. The summed E-state index contributed by atoms with van der Waals surface area (Å²) in [6.45, 7) is 8.59. The molecule has 1 aromatic carbocycles. The molecule has 5 nitrogen and oxygen atoms in total. The van der Waals surface area contributed by atoms with Gasteiger partial charge in [-0.1, -0.05) is 13.3 Å². The van der Waals surface area contributed by atoms with E-state index < -0.39 is 0 Å². The monoisotopic (exact) mass is 376 g/mol. The molecular weight excluding hydrogens is 348 g/mol. The minimum absolute atomic E-state index is 0.0455. The second-order valence-electron chi connectivity index (χ2n) is 7.13. The summed E-state index contributed by atoms with van der Waals surface area (Å²) in [6.07, 6.45) is 5.20. The highest BCUT2D eigenvalue weighted by Gasteiger charge is 2.17. The number of nitrogens with zero attached hydrogens (tertiary/aromatic N) is 2. The first-order valence-corrected chi connectivity index (χ1v) is 9.61. The molecule has 0 radical (unpaired) electrons. The van der Waals surface area contributed by atoms with E-state index in [-0.39, 0.29) is 11.4 Å². The van der Waals surface area contributed by atoms with Gasteiger partial charge < -0.3 is 9.47 Å². The first kappa shape index (κ1) is 20.2. The Labute approximate surface area is 159 Å². The Bertz CT molecular complexity index is 828. The zero-order chi connectivity index (χ0) is 19.3. The van der Waals surface area contributed by atoms with Crippen LogP contribution in [0.15, 0.2) is 29.4 Å². The van der Waals surface area contributed by atoms with Gasteiger partial charge in [-0.15, -0.1) is 0 Å². The number of aryl methyl sites for hydroxylation is 1. The van der Waals surface area contributed by atoms with Crippen LogP contribution in [0.25, 0.3) is 0 Å². The molecule has 1 heterocycles. The summed E-state index contributed by atoms with van der Waals surface area (Å²) < 4.78 is 13.5. The van der Waals surface area contributed by atoms with Crippen molar-refractivity contribution in [2.45, 2.75) is 52.5 Å². The van der Waals surface area contributed by atoms with Gasteiger partial charge in [-0.3, -0.25) is 8.75 Å². The second kappa shape index (κ2) is 8.54. The Morgan fingerprint density at radius 2 is 1.96 bits per heavy atom. The summed E-state index contributed by atoms with van der Waals surface area (Å²) in [5.74, 6) is 0.780. The lowest BCUT2D eigenvalue weighted by molar-refractivity contribution is 0.0995. The summed E-state index contributed by atoms with van der Waals surface area (Å²) in [6, 6.07) is 5.16. The van der Waals surface area contributed by atoms with E-state index in [2.05, 4.69) is 42.8 Å². The van der Waals surface area contributed by atoms with Gasteiger partial charge in [0, 0.05) is 17.3 Å². The Balaban J connectivity index is 2.51. The van der Waals surface area contributed by atoms with Crippen LogP contribution >= 0.6 is 11.5 Å². The van der Waals surface area contributed by atoms with Gasteiger partial charge in [0.15, 0.2) is 0 Å². The van der Waals surface area contributed by atoms with Crippen molar-refractivity contribution in [3.8, 4) is 11.5 Å². The second-order valence-corrected chi connectivity index (χ2v) is 8.10. The van der Waals surface area contributed by atoms with Crippen LogP contribution in [0.3, 0.4) is 0 Å². The van der Waals surface area contributed by atoms with Gasteiger partial charge in [0.05, 0.1) is 19.8 Å². The molecule has 1 amide bonds. The molecule has 0 N–H and O–H groups in total. The van der Waals surface area contributed by atoms with Crippen LogP contribution < -0.4 is 14.1 Å². The number of ether oxygens (including phenoxy) is 2. The van der Waals surface area contributed by atoms with E-state index in [4.69, 9.17) is 9.47 Å². The van der Waals surface area contributed by atoms with E-state index in [1.54, 1.807) is 32.4 Å². The fourth-order valence-electron chi connectivity index (χ4n) is 2.47. The van der Waals surface area contributed by atoms with Crippen molar-refractivity contribution in [1.29, 1.82) is 0 Å². The number of amides is 1. The highest BCUT2D eigenvalue weighted by molar-refractivity contribution is 7.04. The Hall–Kier alpha value is -2.08. The third-order valence-electron chi connectivity index (χ3n) is 4.03. The standard InChI is InChI=1S/C20H28N2O3S/c1-7-8-9-14-13-22(20(2,3)4)26-19(14)21-18(23)16-12-15(24-5)10-11-17(16)25-6/h10-13H,7-9H2,1-6H3/b21-19-. The van der Waals surface area contributed by atoms with Crippen molar-refractivity contribution in [3.05, 3.63) is 40.2 Å². The first-order chi connectivity index (χ1) is 12.3. The molecule has 0 saturated heterocycles. The van der Waals surface area contributed by atoms with E-state index in [0.717, 1.165) is 29.5 Å². The number of aromatic nitrogens is 1. The van der Waals surface area contributed by atoms with Gasteiger partial charge in [0.1, 0.15) is 16.2 Å². The molecule has 142 valence electrons. The highest BCUT2D eigenvalue weighted by Crippen LogP contribution is 2.25. The van der Waals surface area contributed by atoms with Crippen LogP contribution in [0.2, 0.25) is 0 Å². The largest absolute Gasteiger partial charge is 0.497 e. The van der Waals surface area contributed by atoms with Crippen LogP contribution in [0.5, 0.6) is 11.5 Å². The zero-order valence-corrected chi connectivity index (χ0v) is 17.3. The van der Waals surface area contributed by atoms with E-state index >= 15 is 0 Å². The van der Waals surface area contributed by atoms with Crippen LogP contribution in [0.4, 0.5) is 0 Å². The summed E-state index contributed by atoms with van der Waals surface area (Å²) in [5.41, 5.74) is 1.47. The molecule has 0 aliphatic heterocycles. The van der Waals surface area contributed by atoms with Crippen molar-refractivity contribution in [3.63, 3.8) is 0 Å². The van der Waals surface area contributed by atoms with Crippen molar-refractivity contribution in [1.82, 2.24) is 3.96 Å². The molecule has 2 aromatic rings. The predicted molar refractivity (Wildman–Crippen MR) is 105 cm³/mol. The van der Waals surface area contributed by atoms with Crippen LogP contribution in [-0.2, 0) is 12.0 Å². The summed E-state index contributed by atoms with van der Waals surface area (Å²) >= 11 is 1.52. The Kier molecular flexibility index (Phi) is 6.64. The quantitative estimate of drug-likeness (QED) is 0.750. The average Bonchev–Trinajstić information content (AvgIpc) is 3.02. The van der Waals surface area contributed by atoms with E-state index in [9.17, 15) is 4.79 Å². The lowest BCUT2D eigenvalue weighted by atomic mass is 10.1. The van der Waals surface area contributed by atoms with Crippen molar-refractivity contribution < 1.29 is 14.3 Å². The van der Waals surface area contributed by atoms with Crippen LogP contribution in [-0.4, -0.2) is 24.1 Å². The van der Waals surface area contributed by atoms with Crippen molar-refractivity contribution >= 4 is 17.4 Å². The molecule has 0 fully saturated rings. The zero-order valence-electron chi connectivity index (χ0n) is 16.5. The molecule has 0 atom stereocenters. The Morgan fingerprint density at radius 1 is 1.23 bits per heavy atom. The van der Waals surface area contributed by atoms with Crippen molar-refractivity contribution in [2.75, 3.05) is 14.2 Å². The lowest BCUT2D eigenvalue weighted by Gasteiger charge is -2.19. The van der Waals surface area contributed by atoms with E-state index in [1.807, 2.05) is 0 Å². The van der Waals surface area contributed by atoms with Gasteiger partial charge in [0.25, 0.3) is 5.91 Å². The van der Waals surface area contributed by atoms with E-state index in [1.165, 1.54) is 11.5 Å². The van der Waals surface area contributed by atoms with Crippen LogP contribution in [0.1, 0.15) is 56.5 Å². The molecule has 0 aliphatic carbocycles. The minimum Gasteiger partial charge on any atom is -0.497 e. The third-order valence-corrected chi connectivity index (χ3v) is 5.41. The average molecular weight is 377 g/mol. The van der Waals surface area contributed by atoms with Crippen molar-refractivity contribution in [2.24, 2.45) is 4.99 Å². The predicted octanol–water partition coefficient (Wildman–Crippen LogP) is 4.41. The van der Waals surface area contributed by atoms with Gasteiger partial charge in [-0.05, 0) is 63.3 Å². The van der Waals surface area contributed by atoms with E-state index in [0.29, 0.717) is 17.1 Å². The SMILES string of the molecule is CCCCc1cn(C(C)(C)C)s/c1=N\C(=O)c1cc(OC)ccc1OC. The maximum absolute atomic E-state index is 12.8. The third kappa shape index (κ3) is 4.75. The normalized spacial score (nSPS) is 12.3. The van der Waals surface area contributed by atoms with Gasteiger partial charge in [-0.2, -0.15) is 4.99 Å². The summed E-state index contributed by atoms with van der Waals surface area (Å²) in [7, 11) is 3.12. The lowest BCUT2D eigenvalue weighted by Crippen LogP contribution is -2.18. The molecule has 0 spiro atoms.